The summed E-state index contributed by atoms with van der Waals surface area (Å²) in [6.07, 6.45) is 3.89. The van der Waals surface area contributed by atoms with E-state index in [-0.39, 0.29) is 0 Å². The Labute approximate surface area is 77.2 Å². The van der Waals surface area contributed by atoms with E-state index in [1.807, 2.05) is 12.3 Å². The maximum absolute atomic E-state index is 5.59. The van der Waals surface area contributed by atoms with Crippen molar-refractivity contribution in [3.63, 3.8) is 0 Å². The Morgan fingerprint density at radius 1 is 1.46 bits per heavy atom. The summed E-state index contributed by atoms with van der Waals surface area (Å²) in [5, 5.41) is 1.15. The Morgan fingerprint density at radius 3 is 2.92 bits per heavy atom. The van der Waals surface area contributed by atoms with Crippen molar-refractivity contribution in [1.29, 1.82) is 0 Å². The van der Waals surface area contributed by atoms with Crippen LogP contribution in [0.3, 0.4) is 0 Å². The first-order chi connectivity index (χ1) is 6.18. The van der Waals surface area contributed by atoms with Crippen LogP contribution in [0.5, 0.6) is 0 Å². The molecule has 68 valence electrons. The number of aromatic nitrogens is 2. The van der Waals surface area contributed by atoms with E-state index in [4.69, 9.17) is 5.73 Å². The van der Waals surface area contributed by atoms with Crippen molar-refractivity contribution in [1.82, 2.24) is 9.55 Å². The van der Waals surface area contributed by atoms with Crippen LogP contribution in [0.4, 0.5) is 5.82 Å². The molecule has 0 fully saturated rings. The number of rotatable bonds is 1. The van der Waals surface area contributed by atoms with Gasteiger partial charge in [0, 0.05) is 17.6 Å². The summed E-state index contributed by atoms with van der Waals surface area (Å²) in [7, 11) is 0. The number of nitrogen functional groups attached to an aromatic ring is 1. The average Bonchev–Trinajstić information content (AvgIpc) is 2.46. The molecule has 0 aliphatic heterocycles. The molecule has 0 saturated carbocycles. The van der Waals surface area contributed by atoms with Crippen LogP contribution in [0.1, 0.15) is 19.9 Å². The van der Waals surface area contributed by atoms with Gasteiger partial charge >= 0.3 is 0 Å². The molecular formula is C10H13N3. The van der Waals surface area contributed by atoms with Crippen LogP contribution in [0.2, 0.25) is 0 Å². The van der Waals surface area contributed by atoms with Crippen LogP contribution >= 0.6 is 0 Å². The third-order valence-corrected chi connectivity index (χ3v) is 2.18. The number of fused-ring (bicyclic) bond motifs is 1. The highest BCUT2D eigenvalue weighted by Crippen LogP contribution is 2.20. The monoisotopic (exact) mass is 175 g/mol. The van der Waals surface area contributed by atoms with Crippen LogP contribution in [0.15, 0.2) is 24.5 Å². The van der Waals surface area contributed by atoms with E-state index in [9.17, 15) is 0 Å². The molecule has 0 aliphatic carbocycles. The highest BCUT2D eigenvalue weighted by molar-refractivity contribution is 5.81. The largest absolute Gasteiger partial charge is 0.384 e. The third kappa shape index (κ3) is 1.26. The van der Waals surface area contributed by atoms with E-state index in [2.05, 4.69) is 35.7 Å². The Hall–Kier alpha value is -1.51. The van der Waals surface area contributed by atoms with Crippen molar-refractivity contribution in [2.24, 2.45) is 0 Å². The van der Waals surface area contributed by atoms with Gasteiger partial charge in [-0.3, -0.25) is 0 Å². The minimum Gasteiger partial charge on any atom is -0.384 e. The fourth-order valence-corrected chi connectivity index (χ4v) is 1.52. The molecule has 0 amide bonds. The lowest BCUT2D eigenvalue weighted by Crippen LogP contribution is -1.98. The van der Waals surface area contributed by atoms with E-state index in [0.717, 1.165) is 10.9 Å². The van der Waals surface area contributed by atoms with E-state index >= 15 is 0 Å². The van der Waals surface area contributed by atoms with Crippen LogP contribution < -0.4 is 5.73 Å². The summed E-state index contributed by atoms with van der Waals surface area (Å²) < 4.78 is 2.18. The second-order valence-corrected chi connectivity index (χ2v) is 3.48. The lowest BCUT2D eigenvalue weighted by Gasteiger charge is -2.08. The van der Waals surface area contributed by atoms with E-state index < -0.39 is 0 Å². The zero-order valence-corrected chi connectivity index (χ0v) is 7.86. The molecule has 2 rings (SSSR count). The molecular weight excluding hydrogens is 162 g/mol. The number of anilines is 1. The summed E-state index contributed by atoms with van der Waals surface area (Å²) in [6.45, 7) is 4.30. The fourth-order valence-electron chi connectivity index (χ4n) is 1.52. The molecule has 2 N–H and O–H groups in total. The quantitative estimate of drug-likeness (QED) is 0.722. The first-order valence-electron chi connectivity index (χ1n) is 4.40. The zero-order valence-electron chi connectivity index (χ0n) is 7.86. The molecule has 0 saturated heterocycles. The predicted molar refractivity (Wildman–Crippen MR) is 54.5 cm³/mol. The third-order valence-electron chi connectivity index (χ3n) is 2.18. The van der Waals surface area contributed by atoms with Gasteiger partial charge in [0.15, 0.2) is 0 Å². The number of pyridine rings is 1. The van der Waals surface area contributed by atoms with Gasteiger partial charge in [-0.15, -0.1) is 0 Å². The summed E-state index contributed by atoms with van der Waals surface area (Å²) in [5.74, 6) is 0.578. The smallest absolute Gasteiger partial charge is 0.124 e. The topological polar surface area (TPSA) is 43.8 Å². The van der Waals surface area contributed by atoms with Gasteiger partial charge in [0.1, 0.15) is 5.82 Å². The second-order valence-electron chi connectivity index (χ2n) is 3.48. The van der Waals surface area contributed by atoms with Crippen LogP contribution in [0, 0.1) is 0 Å². The van der Waals surface area contributed by atoms with Gasteiger partial charge in [0.25, 0.3) is 0 Å². The molecule has 0 atom stereocenters. The second kappa shape index (κ2) is 2.76. The minimum atomic E-state index is 0.461. The van der Waals surface area contributed by atoms with Crippen molar-refractivity contribution in [3.05, 3.63) is 24.5 Å². The standard InChI is InChI=1S/C10H13N3/c1-7(2)13-4-3-8-5-10(11)12-6-9(8)13/h3-7H,1-2H3,(H2,11,12). The highest BCUT2D eigenvalue weighted by Gasteiger charge is 2.03. The molecule has 0 aliphatic rings. The Balaban J connectivity index is 2.69. The fraction of sp³-hybridized carbons (Fsp3) is 0.300. The van der Waals surface area contributed by atoms with Crippen molar-refractivity contribution < 1.29 is 0 Å². The maximum Gasteiger partial charge on any atom is 0.124 e. The van der Waals surface area contributed by atoms with Gasteiger partial charge in [-0.1, -0.05) is 0 Å². The molecule has 0 spiro atoms. The lowest BCUT2D eigenvalue weighted by molar-refractivity contribution is 0.622. The van der Waals surface area contributed by atoms with Crippen molar-refractivity contribution in [2.45, 2.75) is 19.9 Å². The number of hydrogen-bond acceptors (Lipinski definition) is 2. The van der Waals surface area contributed by atoms with Crippen molar-refractivity contribution >= 4 is 16.7 Å². The van der Waals surface area contributed by atoms with E-state index in [1.54, 1.807) is 0 Å². The Morgan fingerprint density at radius 2 is 2.23 bits per heavy atom. The van der Waals surface area contributed by atoms with Crippen molar-refractivity contribution in [3.8, 4) is 0 Å². The van der Waals surface area contributed by atoms with Gasteiger partial charge in [0.2, 0.25) is 0 Å². The zero-order chi connectivity index (χ0) is 9.42. The van der Waals surface area contributed by atoms with Crippen LogP contribution in [-0.2, 0) is 0 Å². The normalized spacial score (nSPS) is 11.3. The molecule has 13 heavy (non-hydrogen) atoms. The minimum absolute atomic E-state index is 0.461. The van der Waals surface area contributed by atoms with Crippen molar-refractivity contribution in [2.75, 3.05) is 5.73 Å². The molecule has 2 aromatic heterocycles. The predicted octanol–water partition coefficient (Wildman–Crippen LogP) is 2.20. The highest BCUT2D eigenvalue weighted by atomic mass is 15.0. The molecule has 0 bridgehead atoms. The maximum atomic E-state index is 5.59. The first kappa shape index (κ1) is 8.10. The first-order valence-corrected chi connectivity index (χ1v) is 4.40. The lowest BCUT2D eigenvalue weighted by atomic mass is 10.3. The van der Waals surface area contributed by atoms with Gasteiger partial charge in [-0.05, 0) is 26.0 Å². The summed E-state index contributed by atoms with van der Waals surface area (Å²) >= 11 is 0. The molecule has 3 heteroatoms. The molecule has 0 radical (unpaired) electrons. The Kier molecular flexibility index (Phi) is 1.72. The number of hydrogen-bond donors (Lipinski definition) is 1. The van der Waals surface area contributed by atoms with Gasteiger partial charge in [-0.25, -0.2) is 4.98 Å². The molecule has 3 nitrogen and oxygen atoms in total. The van der Waals surface area contributed by atoms with Gasteiger partial charge < -0.3 is 10.3 Å². The van der Waals surface area contributed by atoms with Crippen LogP contribution in [-0.4, -0.2) is 9.55 Å². The van der Waals surface area contributed by atoms with E-state index in [0.29, 0.717) is 11.9 Å². The number of nitrogens with zero attached hydrogens (tertiary/aromatic N) is 2. The van der Waals surface area contributed by atoms with Gasteiger partial charge in [0.05, 0.1) is 11.7 Å². The SMILES string of the molecule is CC(C)n1ccc2cc(N)ncc21. The summed E-state index contributed by atoms with van der Waals surface area (Å²) in [4.78, 5) is 4.08. The van der Waals surface area contributed by atoms with E-state index in [1.165, 1.54) is 0 Å². The summed E-state index contributed by atoms with van der Waals surface area (Å²) in [5.41, 5.74) is 6.73. The molecule has 0 unspecified atom stereocenters. The Bertz CT molecular complexity index is 429. The molecule has 2 heterocycles. The number of nitrogens with two attached hydrogens (primary N) is 1. The average molecular weight is 175 g/mol. The molecule has 0 aromatic carbocycles. The van der Waals surface area contributed by atoms with Gasteiger partial charge in [-0.2, -0.15) is 0 Å². The summed E-state index contributed by atoms with van der Waals surface area (Å²) in [6, 6.07) is 4.42. The molecule has 2 aromatic rings. The van der Waals surface area contributed by atoms with Crippen LogP contribution in [0.25, 0.3) is 10.9 Å².